The smallest absolute Gasteiger partial charge is 0.0693 e. The quantitative estimate of drug-likeness (QED) is 0.774. The Bertz CT molecular complexity index is 217. The number of hydrogen-bond acceptors (Lipinski definition) is 3. The van der Waals surface area contributed by atoms with Crippen LogP contribution in [0.5, 0.6) is 0 Å². The van der Waals surface area contributed by atoms with E-state index in [0.29, 0.717) is 12.0 Å². The van der Waals surface area contributed by atoms with Gasteiger partial charge in [-0.15, -0.1) is 0 Å². The van der Waals surface area contributed by atoms with E-state index in [2.05, 4.69) is 12.2 Å². The fourth-order valence-corrected chi connectivity index (χ4v) is 3.21. The van der Waals surface area contributed by atoms with Crippen molar-refractivity contribution in [2.45, 2.75) is 57.1 Å². The number of ether oxygens (including phenoxy) is 2. The third-order valence-corrected chi connectivity index (χ3v) is 4.52. The Morgan fingerprint density at radius 1 is 1.41 bits per heavy atom. The Balaban J connectivity index is 1.91. The standard InChI is InChI=1S/C14H27NO2/c1-3-15-13(12-6-4-9-17-11-12)10-14(16-2)7-5-8-14/h12-13,15H,3-11H2,1-2H3. The van der Waals surface area contributed by atoms with Gasteiger partial charge in [0.1, 0.15) is 0 Å². The third kappa shape index (κ3) is 3.21. The molecule has 0 spiro atoms. The maximum absolute atomic E-state index is 5.76. The summed E-state index contributed by atoms with van der Waals surface area (Å²) in [6, 6.07) is 0.570. The molecule has 2 unspecified atom stereocenters. The fraction of sp³-hybridized carbons (Fsp3) is 1.00. The van der Waals surface area contributed by atoms with Crippen LogP contribution in [0.2, 0.25) is 0 Å². The lowest BCUT2D eigenvalue weighted by Gasteiger charge is -2.45. The highest BCUT2D eigenvalue weighted by Gasteiger charge is 2.40. The zero-order valence-corrected chi connectivity index (χ0v) is 11.3. The summed E-state index contributed by atoms with van der Waals surface area (Å²) in [7, 11) is 1.87. The van der Waals surface area contributed by atoms with Crippen LogP contribution in [0, 0.1) is 5.92 Å². The molecule has 1 aliphatic heterocycles. The van der Waals surface area contributed by atoms with Crippen LogP contribution in [0.1, 0.15) is 45.4 Å². The molecule has 0 aromatic rings. The van der Waals surface area contributed by atoms with Gasteiger partial charge in [-0.05, 0) is 51.0 Å². The molecule has 1 N–H and O–H groups in total. The normalized spacial score (nSPS) is 29.6. The van der Waals surface area contributed by atoms with Crippen LogP contribution < -0.4 is 5.32 Å². The monoisotopic (exact) mass is 241 g/mol. The van der Waals surface area contributed by atoms with Crippen LogP contribution in [0.15, 0.2) is 0 Å². The van der Waals surface area contributed by atoms with Gasteiger partial charge >= 0.3 is 0 Å². The molecule has 2 rings (SSSR count). The van der Waals surface area contributed by atoms with E-state index in [1.54, 1.807) is 0 Å². The highest BCUT2D eigenvalue weighted by Crippen LogP contribution is 2.40. The molecule has 17 heavy (non-hydrogen) atoms. The molecule has 0 bridgehead atoms. The van der Waals surface area contributed by atoms with Gasteiger partial charge in [-0.2, -0.15) is 0 Å². The molecule has 0 amide bonds. The van der Waals surface area contributed by atoms with Crippen molar-refractivity contribution in [2.24, 2.45) is 5.92 Å². The van der Waals surface area contributed by atoms with E-state index in [-0.39, 0.29) is 5.60 Å². The lowest BCUT2D eigenvalue weighted by Crippen LogP contribution is -2.49. The molecule has 1 heterocycles. The molecule has 1 aliphatic carbocycles. The first kappa shape index (κ1) is 13.3. The van der Waals surface area contributed by atoms with Crippen molar-refractivity contribution < 1.29 is 9.47 Å². The zero-order chi connectivity index (χ0) is 12.1. The minimum Gasteiger partial charge on any atom is -0.381 e. The van der Waals surface area contributed by atoms with Crippen molar-refractivity contribution in [3.8, 4) is 0 Å². The van der Waals surface area contributed by atoms with Gasteiger partial charge in [0.05, 0.1) is 12.2 Å². The number of rotatable bonds is 6. The summed E-state index contributed by atoms with van der Waals surface area (Å²) in [4.78, 5) is 0. The predicted octanol–water partition coefficient (Wildman–Crippen LogP) is 2.35. The Labute approximate surface area is 105 Å². The molecule has 2 fully saturated rings. The van der Waals surface area contributed by atoms with Gasteiger partial charge in [0.2, 0.25) is 0 Å². The first-order chi connectivity index (χ1) is 8.29. The third-order valence-electron chi connectivity index (χ3n) is 4.52. The lowest BCUT2D eigenvalue weighted by molar-refractivity contribution is -0.0916. The molecular weight excluding hydrogens is 214 g/mol. The fourth-order valence-electron chi connectivity index (χ4n) is 3.21. The van der Waals surface area contributed by atoms with E-state index in [0.717, 1.165) is 26.2 Å². The predicted molar refractivity (Wildman–Crippen MR) is 69.2 cm³/mol. The van der Waals surface area contributed by atoms with Gasteiger partial charge in [-0.25, -0.2) is 0 Å². The summed E-state index contributed by atoms with van der Waals surface area (Å²) in [5.74, 6) is 0.677. The minimum atomic E-state index is 0.171. The van der Waals surface area contributed by atoms with Crippen LogP contribution in [0.3, 0.4) is 0 Å². The van der Waals surface area contributed by atoms with E-state index < -0.39 is 0 Å². The van der Waals surface area contributed by atoms with Crippen molar-refractivity contribution >= 4 is 0 Å². The average Bonchev–Trinajstić information content (AvgIpc) is 2.33. The van der Waals surface area contributed by atoms with E-state index in [4.69, 9.17) is 9.47 Å². The topological polar surface area (TPSA) is 30.5 Å². The molecule has 3 nitrogen and oxygen atoms in total. The molecule has 0 aromatic heterocycles. The van der Waals surface area contributed by atoms with E-state index in [1.165, 1.54) is 32.1 Å². The van der Waals surface area contributed by atoms with Gasteiger partial charge in [0.25, 0.3) is 0 Å². The Hall–Kier alpha value is -0.120. The average molecular weight is 241 g/mol. The van der Waals surface area contributed by atoms with Crippen LogP contribution >= 0.6 is 0 Å². The van der Waals surface area contributed by atoms with Crippen molar-refractivity contribution in [1.82, 2.24) is 5.32 Å². The summed E-state index contributed by atoms with van der Waals surface area (Å²) >= 11 is 0. The summed E-state index contributed by atoms with van der Waals surface area (Å²) in [5, 5.41) is 3.65. The second-order valence-electron chi connectivity index (χ2n) is 5.59. The number of hydrogen-bond donors (Lipinski definition) is 1. The maximum Gasteiger partial charge on any atom is 0.0693 e. The number of nitrogens with one attached hydrogen (secondary N) is 1. The van der Waals surface area contributed by atoms with Crippen molar-refractivity contribution in [3.05, 3.63) is 0 Å². The summed E-state index contributed by atoms with van der Waals surface area (Å²) in [6.45, 7) is 5.11. The van der Waals surface area contributed by atoms with Crippen molar-refractivity contribution in [1.29, 1.82) is 0 Å². The molecular formula is C14H27NO2. The van der Waals surface area contributed by atoms with Crippen molar-refractivity contribution in [3.63, 3.8) is 0 Å². The van der Waals surface area contributed by atoms with Crippen LogP contribution in [-0.2, 0) is 9.47 Å². The molecule has 3 heteroatoms. The molecule has 0 aromatic carbocycles. The largest absolute Gasteiger partial charge is 0.381 e. The second-order valence-corrected chi connectivity index (χ2v) is 5.59. The highest BCUT2D eigenvalue weighted by atomic mass is 16.5. The van der Waals surface area contributed by atoms with Gasteiger partial charge in [-0.3, -0.25) is 0 Å². The van der Waals surface area contributed by atoms with Gasteiger partial charge in [0, 0.05) is 19.8 Å². The maximum atomic E-state index is 5.76. The second kappa shape index (κ2) is 6.17. The van der Waals surface area contributed by atoms with Crippen LogP contribution in [0.4, 0.5) is 0 Å². The van der Waals surface area contributed by atoms with Gasteiger partial charge < -0.3 is 14.8 Å². The minimum absolute atomic E-state index is 0.171. The molecule has 2 atom stereocenters. The molecule has 2 aliphatic rings. The van der Waals surface area contributed by atoms with Crippen LogP contribution in [0.25, 0.3) is 0 Å². The van der Waals surface area contributed by atoms with Gasteiger partial charge in [0.15, 0.2) is 0 Å². The van der Waals surface area contributed by atoms with E-state index in [9.17, 15) is 0 Å². The molecule has 0 radical (unpaired) electrons. The molecule has 100 valence electrons. The Kier molecular flexibility index (Phi) is 4.83. The summed E-state index contributed by atoms with van der Waals surface area (Å²) in [6.07, 6.45) is 7.47. The first-order valence-electron chi connectivity index (χ1n) is 7.16. The highest BCUT2D eigenvalue weighted by molar-refractivity contribution is 4.95. The Morgan fingerprint density at radius 3 is 2.71 bits per heavy atom. The lowest BCUT2D eigenvalue weighted by atomic mass is 9.73. The SMILES string of the molecule is CCNC(CC1(OC)CCC1)C1CCCOC1. The van der Waals surface area contributed by atoms with E-state index in [1.807, 2.05) is 7.11 Å². The Morgan fingerprint density at radius 2 is 2.24 bits per heavy atom. The molecule has 1 saturated carbocycles. The zero-order valence-electron chi connectivity index (χ0n) is 11.3. The summed E-state index contributed by atoms with van der Waals surface area (Å²) in [5.41, 5.74) is 0.171. The van der Waals surface area contributed by atoms with Crippen molar-refractivity contribution in [2.75, 3.05) is 26.9 Å². The van der Waals surface area contributed by atoms with Gasteiger partial charge in [-0.1, -0.05) is 6.92 Å². The van der Waals surface area contributed by atoms with Crippen LogP contribution in [-0.4, -0.2) is 38.5 Å². The first-order valence-corrected chi connectivity index (χ1v) is 7.16. The number of methoxy groups -OCH3 is 1. The van der Waals surface area contributed by atoms with E-state index >= 15 is 0 Å². The summed E-state index contributed by atoms with van der Waals surface area (Å²) < 4.78 is 11.4. The molecule has 1 saturated heterocycles.